The summed E-state index contributed by atoms with van der Waals surface area (Å²) in [5.41, 5.74) is 17.6. The number of nitrogens with zero attached hydrogens (tertiary/aromatic N) is 1. The van der Waals surface area contributed by atoms with Gasteiger partial charge in [0.05, 0.1) is 5.41 Å². The molecule has 0 spiro atoms. The van der Waals surface area contributed by atoms with Crippen LogP contribution in [0, 0.1) is 0 Å². The minimum Gasteiger partial charge on any atom is -0.310 e. The van der Waals surface area contributed by atoms with Crippen LogP contribution in [0.5, 0.6) is 0 Å². The molecule has 0 amide bonds. The lowest BCUT2D eigenvalue weighted by atomic mass is 9.67. The van der Waals surface area contributed by atoms with Gasteiger partial charge in [0.25, 0.3) is 0 Å². The molecule has 0 unspecified atom stereocenters. The number of benzene rings is 9. The molecule has 0 heterocycles. The maximum Gasteiger partial charge on any atom is 0.0714 e. The molecule has 264 valence electrons. The Hall–Kier alpha value is -7.22. The molecule has 0 atom stereocenters. The third kappa shape index (κ3) is 5.73. The van der Waals surface area contributed by atoms with Crippen LogP contribution >= 0.6 is 0 Å². The number of anilines is 3. The van der Waals surface area contributed by atoms with Gasteiger partial charge in [0.15, 0.2) is 0 Å². The molecule has 1 nitrogen and oxygen atoms in total. The average Bonchev–Trinajstić information content (AvgIpc) is 3.59. The van der Waals surface area contributed by atoms with Gasteiger partial charge in [-0.1, -0.05) is 194 Å². The van der Waals surface area contributed by atoms with Crippen molar-refractivity contribution >= 4 is 17.1 Å². The van der Waals surface area contributed by atoms with Crippen molar-refractivity contribution in [3.8, 4) is 44.5 Å². The maximum absolute atomic E-state index is 2.42. The van der Waals surface area contributed by atoms with Gasteiger partial charge in [-0.15, -0.1) is 0 Å². The van der Waals surface area contributed by atoms with Gasteiger partial charge in [0.1, 0.15) is 0 Å². The monoisotopic (exact) mass is 713 g/mol. The van der Waals surface area contributed by atoms with Crippen LogP contribution in [0.2, 0.25) is 0 Å². The maximum atomic E-state index is 2.42. The Labute approximate surface area is 329 Å². The normalized spacial score (nSPS) is 12.4. The zero-order valence-electron chi connectivity index (χ0n) is 31.0. The minimum atomic E-state index is -0.498. The van der Waals surface area contributed by atoms with Gasteiger partial charge in [-0.25, -0.2) is 0 Å². The van der Waals surface area contributed by atoms with Crippen molar-refractivity contribution in [3.05, 3.63) is 259 Å². The largest absolute Gasteiger partial charge is 0.310 e. The first-order valence-electron chi connectivity index (χ1n) is 19.3. The molecule has 0 fully saturated rings. The summed E-state index contributed by atoms with van der Waals surface area (Å²) < 4.78 is 0. The van der Waals surface area contributed by atoms with Gasteiger partial charge in [0.2, 0.25) is 0 Å². The van der Waals surface area contributed by atoms with E-state index in [1.54, 1.807) is 0 Å². The quantitative estimate of drug-likeness (QED) is 0.152. The summed E-state index contributed by atoms with van der Waals surface area (Å²) in [6.07, 6.45) is 0. The summed E-state index contributed by atoms with van der Waals surface area (Å²) in [5.74, 6) is 0. The molecular formula is C55H39N. The van der Waals surface area contributed by atoms with E-state index in [1.807, 2.05) is 0 Å². The Bertz CT molecular complexity index is 2760. The summed E-state index contributed by atoms with van der Waals surface area (Å²) in [4.78, 5) is 2.42. The fraction of sp³-hybridized carbons (Fsp3) is 0.0182. The Kier molecular flexibility index (Phi) is 8.46. The van der Waals surface area contributed by atoms with Crippen molar-refractivity contribution < 1.29 is 0 Å². The number of fused-ring (bicyclic) bond motifs is 3. The van der Waals surface area contributed by atoms with Gasteiger partial charge < -0.3 is 4.90 Å². The van der Waals surface area contributed by atoms with Crippen LogP contribution in [-0.4, -0.2) is 0 Å². The Morgan fingerprint density at radius 2 is 0.607 bits per heavy atom. The fourth-order valence-electron chi connectivity index (χ4n) is 8.83. The topological polar surface area (TPSA) is 3.24 Å². The molecule has 0 saturated carbocycles. The van der Waals surface area contributed by atoms with Gasteiger partial charge in [0, 0.05) is 17.1 Å². The molecule has 0 saturated heterocycles. The molecule has 0 aromatic heterocycles. The number of hydrogen-bond donors (Lipinski definition) is 0. The van der Waals surface area contributed by atoms with Crippen LogP contribution < -0.4 is 4.90 Å². The lowest BCUT2D eigenvalue weighted by Gasteiger charge is -2.35. The molecule has 0 radical (unpaired) electrons. The van der Waals surface area contributed by atoms with Crippen molar-refractivity contribution in [2.45, 2.75) is 5.41 Å². The first-order chi connectivity index (χ1) is 27.8. The van der Waals surface area contributed by atoms with E-state index in [0.717, 1.165) is 17.1 Å². The van der Waals surface area contributed by atoms with E-state index >= 15 is 0 Å². The van der Waals surface area contributed by atoms with Crippen LogP contribution in [0.4, 0.5) is 17.1 Å². The Balaban J connectivity index is 1.18. The van der Waals surface area contributed by atoms with Crippen molar-refractivity contribution in [3.63, 3.8) is 0 Å². The highest BCUT2D eigenvalue weighted by atomic mass is 15.1. The molecule has 9 aromatic carbocycles. The molecule has 9 aromatic rings. The summed E-state index contributed by atoms with van der Waals surface area (Å²) in [5, 5.41) is 0. The molecule has 1 aliphatic carbocycles. The van der Waals surface area contributed by atoms with Gasteiger partial charge in [-0.2, -0.15) is 0 Å². The molecule has 56 heavy (non-hydrogen) atoms. The van der Waals surface area contributed by atoms with E-state index < -0.39 is 5.41 Å². The second kappa shape index (κ2) is 14.2. The summed E-state index contributed by atoms with van der Waals surface area (Å²) in [7, 11) is 0. The van der Waals surface area contributed by atoms with Gasteiger partial charge in [-0.3, -0.25) is 0 Å². The SMILES string of the molecule is c1ccc(-c2cccc(-c3cccc(N(c4cccc(-c5ccccc5)c4)c4cccc(C5(c6ccccc6)c6ccccc6-c6ccccc65)c4)c3)c2)cc1. The van der Waals surface area contributed by atoms with Crippen molar-refractivity contribution in [2.75, 3.05) is 4.90 Å². The first kappa shape index (κ1) is 33.4. The third-order valence-corrected chi connectivity index (χ3v) is 11.3. The van der Waals surface area contributed by atoms with E-state index in [-0.39, 0.29) is 0 Å². The van der Waals surface area contributed by atoms with Gasteiger partial charge >= 0.3 is 0 Å². The van der Waals surface area contributed by atoms with E-state index in [4.69, 9.17) is 0 Å². The van der Waals surface area contributed by atoms with E-state index in [0.29, 0.717) is 0 Å². The second-order valence-electron chi connectivity index (χ2n) is 14.5. The number of hydrogen-bond acceptors (Lipinski definition) is 1. The highest BCUT2D eigenvalue weighted by molar-refractivity contribution is 5.88. The zero-order valence-corrected chi connectivity index (χ0v) is 31.0. The van der Waals surface area contributed by atoms with Crippen LogP contribution in [0.25, 0.3) is 44.5 Å². The highest BCUT2D eigenvalue weighted by Crippen LogP contribution is 2.56. The Morgan fingerprint density at radius 3 is 1.16 bits per heavy atom. The lowest BCUT2D eigenvalue weighted by molar-refractivity contribution is 0.768. The van der Waals surface area contributed by atoms with Crippen LogP contribution in [0.3, 0.4) is 0 Å². The van der Waals surface area contributed by atoms with Crippen molar-refractivity contribution in [1.82, 2.24) is 0 Å². The third-order valence-electron chi connectivity index (χ3n) is 11.3. The van der Waals surface area contributed by atoms with Crippen LogP contribution in [-0.2, 0) is 5.41 Å². The standard InChI is InChI=1S/C55H39N/c1-4-18-40(19-5-1)42-22-14-23-43(36-42)45-25-16-30-49(38-45)56(48-29-15-24-44(37-48)41-20-6-2-7-21-41)50-31-17-28-47(39-50)55(46-26-8-3-9-27-46)53-34-12-10-32-51(53)52-33-11-13-35-54(52)55/h1-39H. The molecule has 0 N–H and O–H groups in total. The second-order valence-corrected chi connectivity index (χ2v) is 14.5. The smallest absolute Gasteiger partial charge is 0.0714 e. The molecule has 1 heteroatoms. The van der Waals surface area contributed by atoms with Crippen LogP contribution in [0.1, 0.15) is 22.3 Å². The van der Waals surface area contributed by atoms with Gasteiger partial charge in [-0.05, 0) is 109 Å². The molecule has 0 bridgehead atoms. The fourth-order valence-corrected chi connectivity index (χ4v) is 8.83. The summed E-state index contributed by atoms with van der Waals surface area (Å²) in [6, 6.07) is 86.2. The Morgan fingerprint density at radius 1 is 0.250 bits per heavy atom. The summed E-state index contributed by atoms with van der Waals surface area (Å²) >= 11 is 0. The zero-order chi connectivity index (χ0) is 37.3. The van der Waals surface area contributed by atoms with Crippen molar-refractivity contribution in [1.29, 1.82) is 0 Å². The van der Waals surface area contributed by atoms with Crippen molar-refractivity contribution in [2.24, 2.45) is 0 Å². The summed E-state index contributed by atoms with van der Waals surface area (Å²) in [6.45, 7) is 0. The number of rotatable bonds is 8. The first-order valence-corrected chi connectivity index (χ1v) is 19.3. The molecule has 1 aliphatic rings. The minimum absolute atomic E-state index is 0.498. The van der Waals surface area contributed by atoms with Crippen LogP contribution in [0.15, 0.2) is 237 Å². The van der Waals surface area contributed by atoms with E-state index in [9.17, 15) is 0 Å². The molecule has 0 aliphatic heterocycles. The molecule has 10 rings (SSSR count). The van der Waals surface area contributed by atoms with E-state index in [1.165, 1.54) is 66.8 Å². The molecular weight excluding hydrogens is 675 g/mol. The predicted octanol–water partition coefficient (Wildman–Crippen LogP) is 14.5. The van der Waals surface area contributed by atoms with E-state index in [2.05, 4.69) is 241 Å². The lowest BCUT2D eigenvalue weighted by Crippen LogP contribution is -2.28. The highest BCUT2D eigenvalue weighted by Gasteiger charge is 2.46. The average molecular weight is 714 g/mol. The predicted molar refractivity (Wildman–Crippen MR) is 235 cm³/mol.